The van der Waals surface area contributed by atoms with Crippen LogP contribution in [-0.2, 0) is 21.2 Å². The average molecular weight is 429 g/mol. The summed E-state index contributed by atoms with van der Waals surface area (Å²) in [7, 11) is -3.87. The maximum atomic E-state index is 13.0. The van der Waals surface area contributed by atoms with Crippen LogP contribution in [0.5, 0.6) is 0 Å². The zero-order chi connectivity index (χ0) is 20.9. The SMILES string of the molecule is Cc1cc(Cl)ccc1NC(=O)[C@H](Cc1ccccc1)NS(=O)(=O)c1ccccc1. The van der Waals surface area contributed by atoms with Gasteiger partial charge in [0.1, 0.15) is 6.04 Å². The Morgan fingerprint density at radius 3 is 2.21 bits per heavy atom. The highest BCUT2D eigenvalue weighted by molar-refractivity contribution is 7.89. The Labute approximate surface area is 175 Å². The van der Waals surface area contributed by atoms with Gasteiger partial charge in [-0.2, -0.15) is 4.72 Å². The van der Waals surface area contributed by atoms with Gasteiger partial charge < -0.3 is 5.32 Å². The van der Waals surface area contributed by atoms with Gasteiger partial charge in [0.2, 0.25) is 15.9 Å². The Bertz CT molecular complexity index is 1090. The maximum Gasteiger partial charge on any atom is 0.242 e. The monoisotopic (exact) mass is 428 g/mol. The van der Waals surface area contributed by atoms with Crippen molar-refractivity contribution in [1.82, 2.24) is 4.72 Å². The first-order chi connectivity index (χ1) is 13.8. The zero-order valence-electron chi connectivity index (χ0n) is 15.8. The van der Waals surface area contributed by atoms with E-state index in [-0.39, 0.29) is 11.3 Å². The highest BCUT2D eigenvalue weighted by Gasteiger charge is 2.26. The summed E-state index contributed by atoms with van der Waals surface area (Å²) in [5.74, 6) is -0.446. The molecule has 0 aliphatic heterocycles. The molecule has 1 amide bonds. The van der Waals surface area contributed by atoms with E-state index >= 15 is 0 Å². The number of rotatable bonds is 7. The number of halogens is 1. The Kier molecular flexibility index (Phi) is 6.69. The third-order valence-corrected chi connectivity index (χ3v) is 6.12. The molecule has 150 valence electrons. The van der Waals surface area contributed by atoms with Gasteiger partial charge >= 0.3 is 0 Å². The summed E-state index contributed by atoms with van der Waals surface area (Å²) in [6, 6.07) is 21.4. The fraction of sp³-hybridized carbons (Fsp3) is 0.136. The third kappa shape index (κ3) is 5.67. The standard InChI is InChI=1S/C22H21ClN2O3S/c1-16-14-18(23)12-13-20(16)24-22(26)21(15-17-8-4-2-5-9-17)25-29(27,28)19-10-6-3-7-11-19/h2-14,21,25H,15H2,1H3,(H,24,26)/t21-/m0/s1. The molecule has 1 atom stereocenters. The number of sulfonamides is 1. The minimum absolute atomic E-state index is 0.105. The van der Waals surface area contributed by atoms with E-state index in [1.165, 1.54) is 12.1 Å². The molecule has 3 rings (SSSR count). The minimum atomic E-state index is -3.87. The van der Waals surface area contributed by atoms with Crippen molar-refractivity contribution >= 4 is 33.2 Å². The number of hydrogen-bond donors (Lipinski definition) is 2. The van der Waals surface area contributed by atoms with Gasteiger partial charge in [0.25, 0.3) is 0 Å². The predicted molar refractivity (Wildman–Crippen MR) is 116 cm³/mol. The van der Waals surface area contributed by atoms with Crippen LogP contribution in [0.4, 0.5) is 5.69 Å². The molecule has 0 aliphatic rings. The Morgan fingerprint density at radius 1 is 0.966 bits per heavy atom. The largest absolute Gasteiger partial charge is 0.324 e. The van der Waals surface area contributed by atoms with E-state index in [1.807, 2.05) is 37.3 Å². The molecule has 0 saturated carbocycles. The van der Waals surface area contributed by atoms with Gasteiger partial charge in [0.15, 0.2) is 0 Å². The molecule has 0 radical (unpaired) electrons. The summed E-state index contributed by atoms with van der Waals surface area (Å²) in [5.41, 5.74) is 2.21. The third-order valence-electron chi connectivity index (χ3n) is 4.40. The minimum Gasteiger partial charge on any atom is -0.324 e. The van der Waals surface area contributed by atoms with Gasteiger partial charge in [0, 0.05) is 10.7 Å². The molecule has 0 aromatic heterocycles. The van der Waals surface area contributed by atoms with E-state index in [1.54, 1.807) is 36.4 Å². The molecule has 29 heavy (non-hydrogen) atoms. The van der Waals surface area contributed by atoms with E-state index < -0.39 is 22.0 Å². The summed E-state index contributed by atoms with van der Waals surface area (Å²) in [6.07, 6.45) is 0.214. The van der Waals surface area contributed by atoms with Gasteiger partial charge in [-0.25, -0.2) is 8.42 Å². The van der Waals surface area contributed by atoms with Crippen LogP contribution in [0.1, 0.15) is 11.1 Å². The quantitative estimate of drug-likeness (QED) is 0.592. The number of carbonyl (C=O) groups excluding carboxylic acids is 1. The predicted octanol–water partition coefficient (Wildman–Crippen LogP) is 4.18. The number of hydrogen-bond acceptors (Lipinski definition) is 3. The molecule has 0 unspecified atom stereocenters. The molecule has 0 fully saturated rings. The van der Waals surface area contributed by atoms with Gasteiger partial charge in [0.05, 0.1) is 4.90 Å². The van der Waals surface area contributed by atoms with Crippen molar-refractivity contribution in [2.45, 2.75) is 24.3 Å². The highest BCUT2D eigenvalue weighted by Crippen LogP contribution is 2.20. The molecule has 2 N–H and O–H groups in total. The summed E-state index contributed by atoms with van der Waals surface area (Å²) < 4.78 is 28.1. The van der Waals surface area contributed by atoms with Crippen molar-refractivity contribution in [3.63, 3.8) is 0 Å². The molecule has 0 heterocycles. The van der Waals surface area contributed by atoms with Crippen molar-refractivity contribution in [1.29, 1.82) is 0 Å². The van der Waals surface area contributed by atoms with Crippen LogP contribution in [0.15, 0.2) is 83.8 Å². The first kappa shape index (κ1) is 21.0. The van der Waals surface area contributed by atoms with Crippen molar-refractivity contribution < 1.29 is 13.2 Å². The summed E-state index contributed by atoms with van der Waals surface area (Å²) >= 11 is 5.97. The Balaban J connectivity index is 1.87. The van der Waals surface area contributed by atoms with Crippen molar-refractivity contribution in [2.75, 3.05) is 5.32 Å². The van der Waals surface area contributed by atoms with E-state index in [2.05, 4.69) is 10.0 Å². The second-order valence-electron chi connectivity index (χ2n) is 6.63. The molecule has 3 aromatic rings. The van der Waals surface area contributed by atoms with E-state index in [9.17, 15) is 13.2 Å². The number of benzene rings is 3. The van der Waals surface area contributed by atoms with Gasteiger partial charge in [-0.3, -0.25) is 4.79 Å². The molecule has 0 saturated heterocycles. The van der Waals surface area contributed by atoms with Gasteiger partial charge in [-0.05, 0) is 54.8 Å². The van der Waals surface area contributed by atoms with E-state index in [0.717, 1.165) is 11.1 Å². The lowest BCUT2D eigenvalue weighted by Crippen LogP contribution is -2.45. The summed E-state index contributed by atoms with van der Waals surface area (Å²) in [6.45, 7) is 1.82. The number of nitrogens with one attached hydrogen (secondary N) is 2. The van der Waals surface area contributed by atoms with Crippen molar-refractivity contribution in [2.24, 2.45) is 0 Å². The molecule has 5 nitrogen and oxygen atoms in total. The van der Waals surface area contributed by atoms with Crippen LogP contribution in [0.3, 0.4) is 0 Å². The smallest absolute Gasteiger partial charge is 0.242 e. The normalized spacial score (nSPS) is 12.3. The molecular weight excluding hydrogens is 408 g/mol. The summed E-state index contributed by atoms with van der Waals surface area (Å²) in [4.78, 5) is 13.1. The van der Waals surface area contributed by atoms with Crippen LogP contribution in [-0.4, -0.2) is 20.4 Å². The van der Waals surface area contributed by atoms with E-state index in [4.69, 9.17) is 11.6 Å². The number of amides is 1. The number of aryl methyl sites for hydroxylation is 1. The number of carbonyl (C=O) groups is 1. The molecule has 0 bridgehead atoms. The number of anilines is 1. The lowest BCUT2D eigenvalue weighted by molar-refractivity contribution is -0.117. The maximum absolute atomic E-state index is 13.0. The first-order valence-corrected chi connectivity index (χ1v) is 10.9. The fourth-order valence-corrected chi connectivity index (χ4v) is 4.32. The molecule has 3 aromatic carbocycles. The van der Waals surface area contributed by atoms with Crippen LogP contribution < -0.4 is 10.0 Å². The van der Waals surface area contributed by atoms with Gasteiger partial charge in [-0.15, -0.1) is 0 Å². The van der Waals surface area contributed by atoms with E-state index in [0.29, 0.717) is 10.7 Å². The van der Waals surface area contributed by atoms with Crippen LogP contribution >= 0.6 is 11.6 Å². The molecular formula is C22H21ClN2O3S. The fourth-order valence-electron chi connectivity index (χ4n) is 2.88. The molecule has 7 heteroatoms. The van der Waals surface area contributed by atoms with Crippen LogP contribution in [0.25, 0.3) is 0 Å². The van der Waals surface area contributed by atoms with Crippen LogP contribution in [0.2, 0.25) is 5.02 Å². The first-order valence-electron chi connectivity index (χ1n) is 9.03. The average Bonchev–Trinajstić information content (AvgIpc) is 2.71. The second kappa shape index (κ2) is 9.22. The molecule has 0 aliphatic carbocycles. The topological polar surface area (TPSA) is 75.3 Å². The van der Waals surface area contributed by atoms with Crippen molar-refractivity contribution in [3.05, 3.63) is 95.0 Å². The van der Waals surface area contributed by atoms with Crippen LogP contribution in [0, 0.1) is 6.92 Å². The lowest BCUT2D eigenvalue weighted by atomic mass is 10.1. The lowest BCUT2D eigenvalue weighted by Gasteiger charge is -2.19. The Morgan fingerprint density at radius 2 is 1.59 bits per heavy atom. The second-order valence-corrected chi connectivity index (χ2v) is 8.78. The van der Waals surface area contributed by atoms with Crippen molar-refractivity contribution in [3.8, 4) is 0 Å². The Hall–Kier alpha value is -2.67. The highest BCUT2D eigenvalue weighted by atomic mass is 35.5. The van der Waals surface area contributed by atoms with Gasteiger partial charge in [-0.1, -0.05) is 60.1 Å². The zero-order valence-corrected chi connectivity index (χ0v) is 17.4. The summed E-state index contributed by atoms with van der Waals surface area (Å²) in [5, 5.41) is 3.37. The molecule has 0 spiro atoms.